The summed E-state index contributed by atoms with van der Waals surface area (Å²) in [5, 5.41) is 25.2. The summed E-state index contributed by atoms with van der Waals surface area (Å²) < 4.78 is 6.68. The fraction of sp³-hybridized carbons (Fsp3) is 0.357. The number of nitrogens with one attached hydrogen (secondary N) is 1. The largest absolute Gasteiger partial charge is 0.486 e. The number of benzene rings is 3. The highest BCUT2D eigenvalue weighted by molar-refractivity contribution is 5.90. The van der Waals surface area contributed by atoms with Crippen LogP contribution in [0.25, 0.3) is 21.7 Å². The summed E-state index contributed by atoms with van der Waals surface area (Å²) in [4.78, 5) is 5.61. The lowest BCUT2D eigenvalue weighted by atomic mass is 9.81. The van der Waals surface area contributed by atoms with Gasteiger partial charge in [0.1, 0.15) is 11.4 Å². The highest BCUT2D eigenvalue weighted by Gasteiger charge is 2.43. The predicted molar refractivity (Wildman–Crippen MR) is 131 cm³/mol. The normalized spacial score (nSPS) is 21.2. The molecule has 0 saturated carbocycles. The highest BCUT2D eigenvalue weighted by Crippen LogP contribution is 2.47. The van der Waals surface area contributed by atoms with Crippen LogP contribution in [-0.4, -0.2) is 45.3 Å². The zero-order valence-electron chi connectivity index (χ0n) is 18.9. The Hall–Kier alpha value is -2.86. The molecule has 0 unspecified atom stereocenters. The lowest BCUT2D eigenvalue weighted by Gasteiger charge is -2.46. The summed E-state index contributed by atoms with van der Waals surface area (Å²) in [6.45, 7) is 4.35. The predicted octanol–water partition coefficient (Wildman–Crippen LogP) is 5.01. The van der Waals surface area contributed by atoms with Gasteiger partial charge >= 0.3 is 0 Å². The molecule has 3 aromatic carbocycles. The Morgan fingerprint density at radius 2 is 1.91 bits per heavy atom. The topological polar surface area (TPSA) is 68.7 Å². The van der Waals surface area contributed by atoms with Crippen LogP contribution in [0.4, 0.5) is 0 Å². The Kier molecular flexibility index (Phi) is 4.94. The van der Waals surface area contributed by atoms with Gasteiger partial charge in [-0.05, 0) is 36.8 Å². The van der Waals surface area contributed by atoms with Gasteiger partial charge in [0.05, 0.1) is 12.2 Å². The zero-order chi connectivity index (χ0) is 22.6. The molecular weight excluding hydrogens is 412 g/mol. The molecule has 1 fully saturated rings. The molecule has 1 aromatic heterocycles. The maximum atomic E-state index is 11.0. The number of piperidine rings is 1. The van der Waals surface area contributed by atoms with E-state index in [0.29, 0.717) is 13.0 Å². The third kappa shape index (κ3) is 3.61. The zero-order valence-corrected chi connectivity index (χ0v) is 18.9. The number of aromatic amines is 1. The Balaban J connectivity index is 1.18. The number of ether oxygens (including phenoxy) is 1. The van der Waals surface area contributed by atoms with Crippen molar-refractivity contribution < 1.29 is 14.9 Å². The summed E-state index contributed by atoms with van der Waals surface area (Å²) in [6, 6.07) is 18.6. The molecule has 0 radical (unpaired) electrons. The van der Waals surface area contributed by atoms with Crippen LogP contribution in [0.3, 0.4) is 0 Å². The van der Waals surface area contributed by atoms with Crippen LogP contribution in [0.5, 0.6) is 5.75 Å². The number of aliphatic hydroxyl groups is 2. The number of likely N-dealkylation sites (tertiary alicyclic amines) is 1. The minimum absolute atomic E-state index is 0.351. The van der Waals surface area contributed by atoms with Crippen molar-refractivity contribution in [1.29, 1.82) is 0 Å². The number of fused-ring (bicyclic) bond motifs is 4. The van der Waals surface area contributed by atoms with Crippen LogP contribution in [0.1, 0.15) is 48.2 Å². The molecule has 170 valence electrons. The number of aryl methyl sites for hydroxylation is 1. The number of nitrogens with zero attached hydrogens (tertiary/aromatic N) is 1. The summed E-state index contributed by atoms with van der Waals surface area (Å²) in [6.07, 6.45) is 3.18. The summed E-state index contributed by atoms with van der Waals surface area (Å²) in [5.74, 6) is 0.842. The number of hydrogen-bond donors (Lipinski definition) is 3. The van der Waals surface area contributed by atoms with E-state index in [0.717, 1.165) is 64.5 Å². The molecule has 5 nitrogen and oxygen atoms in total. The molecule has 0 amide bonds. The summed E-state index contributed by atoms with van der Waals surface area (Å²) >= 11 is 0. The fourth-order valence-electron chi connectivity index (χ4n) is 5.69. The molecule has 6 rings (SSSR count). The molecule has 1 saturated heterocycles. The van der Waals surface area contributed by atoms with E-state index in [4.69, 9.17) is 4.74 Å². The number of aliphatic hydroxyl groups excluding tert-OH is 2. The van der Waals surface area contributed by atoms with Gasteiger partial charge in [0, 0.05) is 59.7 Å². The average molecular weight is 443 g/mol. The molecule has 0 bridgehead atoms. The van der Waals surface area contributed by atoms with Gasteiger partial charge in [-0.1, -0.05) is 48.5 Å². The van der Waals surface area contributed by atoms with Crippen LogP contribution in [0.2, 0.25) is 0 Å². The van der Waals surface area contributed by atoms with Crippen molar-refractivity contribution >= 4 is 21.7 Å². The molecular formula is C28H30N2O3. The van der Waals surface area contributed by atoms with Crippen molar-refractivity contribution in [1.82, 2.24) is 9.88 Å². The van der Waals surface area contributed by atoms with E-state index >= 15 is 0 Å². The molecule has 5 heteroatoms. The van der Waals surface area contributed by atoms with Crippen molar-refractivity contribution in [3.8, 4) is 5.75 Å². The van der Waals surface area contributed by atoms with Crippen molar-refractivity contribution in [2.45, 2.75) is 44.0 Å². The second-order valence-corrected chi connectivity index (χ2v) is 9.82. The molecule has 0 aliphatic carbocycles. The van der Waals surface area contributed by atoms with Crippen molar-refractivity contribution in [3.63, 3.8) is 0 Å². The number of rotatable bonds is 3. The maximum Gasteiger partial charge on any atom is 0.133 e. The quantitative estimate of drug-likeness (QED) is 0.417. The standard InChI is InChI=1S/C28H30N2O3/c1-18-6-8-21-23(16-29-24(21)14-18)26(32)17-30-12-10-28(11-13-30)15-25(31)22-9-7-19-4-2-3-5-20(19)27(22)33-28/h2-9,14,16,25-26,29,31-32H,10-13,15,17H2,1H3/t25-,26-/m1/s1. The smallest absolute Gasteiger partial charge is 0.133 e. The summed E-state index contributed by atoms with van der Waals surface area (Å²) in [5.41, 5.74) is 3.77. The Labute approximate surface area is 193 Å². The number of hydrogen-bond acceptors (Lipinski definition) is 4. The van der Waals surface area contributed by atoms with Crippen LogP contribution in [-0.2, 0) is 0 Å². The van der Waals surface area contributed by atoms with Gasteiger partial charge in [0.25, 0.3) is 0 Å². The molecule has 2 aliphatic heterocycles. The van der Waals surface area contributed by atoms with Gasteiger partial charge in [-0.25, -0.2) is 0 Å². The van der Waals surface area contributed by atoms with Crippen LogP contribution < -0.4 is 4.74 Å². The second-order valence-electron chi connectivity index (χ2n) is 9.82. The van der Waals surface area contributed by atoms with Crippen LogP contribution in [0.15, 0.2) is 60.8 Å². The molecule has 3 N–H and O–H groups in total. The SMILES string of the molecule is Cc1ccc2c([C@H](O)CN3CCC4(CC3)C[C@@H](O)c3ccc5ccccc5c3O4)c[nH]c2c1. The van der Waals surface area contributed by atoms with Crippen LogP contribution in [0, 0.1) is 6.92 Å². The number of β-amino-alcohol motifs (C(OH)–C–C–N with tert-alkyl or cyclic N) is 1. The molecule has 4 aromatic rings. The van der Waals surface area contributed by atoms with Gasteiger partial charge in [-0.3, -0.25) is 0 Å². The van der Waals surface area contributed by atoms with Crippen molar-refractivity contribution in [3.05, 3.63) is 77.5 Å². The Bertz CT molecular complexity index is 1320. The first-order valence-electron chi connectivity index (χ1n) is 11.9. The molecule has 1 spiro atoms. The lowest BCUT2D eigenvalue weighted by Crippen LogP contribution is -2.51. The van der Waals surface area contributed by atoms with Gasteiger partial charge in [0.2, 0.25) is 0 Å². The number of aromatic nitrogens is 1. The molecule has 3 heterocycles. The fourth-order valence-corrected chi connectivity index (χ4v) is 5.69. The Morgan fingerprint density at radius 1 is 1.09 bits per heavy atom. The van der Waals surface area contributed by atoms with Gasteiger partial charge in [0.15, 0.2) is 0 Å². The summed E-state index contributed by atoms with van der Waals surface area (Å²) in [7, 11) is 0. The highest BCUT2D eigenvalue weighted by atomic mass is 16.5. The first-order chi connectivity index (χ1) is 16.0. The van der Waals surface area contributed by atoms with E-state index in [1.165, 1.54) is 5.56 Å². The van der Waals surface area contributed by atoms with E-state index in [-0.39, 0.29) is 5.60 Å². The van der Waals surface area contributed by atoms with Crippen molar-refractivity contribution in [2.24, 2.45) is 0 Å². The first-order valence-corrected chi connectivity index (χ1v) is 11.9. The molecule has 2 aliphatic rings. The third-order valence-corrected chi connectivity index (χ3v) is 7.58. The lowest BCUT2D eigenvalue weighted by molar-refractivity contribution is -0.0576. The maximum absolute atomic E-state index is 11.0. The van der Waals surface area contributed by atoms with E-state index in [1.54, 1.807) is 0 Å². The molecule has 33 heavy (non-hydrogen) atoms. The van der Waals surface area contributed by atoms with E-state index in [9.17, 15) is 10.2 Å². The van der Waals surface area contributed by atoms with Gasteiger partial charge in [-0.15, -0.1) is 0 Å². The van der Waals surface area contributed by atoms with E-state index in [2.05, 4.69) is 53.2 Å². The van der Waals surface area contributed by atoms with Crippen LogP contribution >= 0.6 is 0 Å². The van der Waals surface area contributed by atoms with E-state index in [1.807, 2.05) is 24.4 Å². The minimum atomic E-state index is -0.543. The van der Waals surface area contributed by atoms with Gasteiger partial charge in [-0.2, -0.15) is 0 Å². The molecule has 2 atom stereocenters. The van der Waals surface area contributed by atoms with Crippen molar-refractivity contribution in [2.75, 3.05) is 19.6 Å². The monoisotopic (exact) mass is 442 g/mol. The first kappa shape index (κ1) is 20.7. The minimum Gasteiger partial charge on any atom is -0.486 e. The average Bonchev–Trinajstić information content (AvgIpc) is 3.24. The second kappa shape index (κ2) is 7.87. The van der Waals surface area contributed by atoms with E-state index < -0.39 is 12.2 Å². The number of H-pyrrole nitrogens is 1. The van der Waals surface area contributed by atoms with Gasteiger partial charge < -0.3 is 24.8 Å². The third-order valence-electron chi connectivity index (χ3n) is 7.58. The Morgan fingerprint density at radius 3 is 2.76 bits per heavy atom.